The second-order valence-corrected chi connectivity index (χ2v) is 6.62. The van der Waals surface area contributed by atoms with Gasteiger partial charge in [0, 0.05) is 17.1 Å². The molecule has 0 unspecified atom stereocenters. The summed E-state index contributed by atoms with van der Waals surface area (Å²) in [5.41, 5.74) is 1.85. The summed E-state index contributed by atoms with van der Waals surface area (Å²) in [7, 11) is 0. The highest BCUT2D eigenvalue weighted by Crippen LogP contribution is 2.28. The normalized spacial score (nSPS) is 11.4. The van der Waals surface area contributed by atoms with E-state index in [1.807, 2.05) is 0 Å². The van der Waals surface area contributed by atoms with E-state index in [-0.39, 0.29) is 12.1 Å². The van der Waals surface area contributed by atoms with Crippen LogP contribution in [0, 0.1) is 11.6 Å². The van der Waals surface area contributed by atoms with E-state index < -0.39 is 17.2 Å². The molecule has 7 heteroatoms. The molecule has 0 aliphatic rings. The third-order valence-corrected chi connectivity index (χ3v) is 4.86. The van der Waals surface area contributed by atoms with Crippen molar-refractivity contribution >= 4 is 22.1 Å². The maximum atomic E-state index is 14.9. The van der Waals surface area contributed by atoms with E-state index in [9.17, 15) is 13.6 Å². The van der Waals surface area contributed by atoms with E-state index in [4.69, 9.17) is 4.42 Å². The minimum atomic E-state index is -0.729. The summed E-state index contributed by atoms with van der Waals surface area (Å²) in [6.45, 7) is -0.262. The van der Waals surface area contributed by atoms with Crippen LogP contribution >= 0.6 is 0 Å². The summed E-state index contributed by atoms with van der Waals surface area (Å²) in [4.78, 5) is 20.3. The molecule has 5 rings (SSSR count). The molecule has 2 aromatic carbocycles. The van der Waals surface area contributed by atoms with Crippen LogP contribution in [0.1, 0.15) is 5.56 Å². The van der Waals surface area contributed by atoms with E-state index in [1.54, 1.807) is 42.7 Å². The van der Waals surface area contributed by atoms with Crippen LogP contribution in [0.3, 0.4) is 0 Å². The number of furan rings is 1. The predicted octanol–water partition coefficient (Wildman–Crippen LogP) is 4.53. The van der Waals surface area contributed by atoms with Gasteiger partial charge < -0.3 is 4.42 Å². The molecule has 0 spiro atoms. The zero-order valence-corrected chi connectivity index (χ0v) is 15.0. The van der Waals surface area contributed by atoms with Gasteiger partial charge in [-0.1, -0.05) is 6.07 Å². The first-order valence-electron chi connectivity index (χ1n) is 8.86. The van der Waals surface area contributed by atoms with Crippen molar-refractivity contribution in [1.29, 1.82) is 0 Å². The number of rotatable bonds is 3. The lowest BCUT2D eigenvalue weighted by molar-refractivity contribution is 0.545. The molecule has 0 fully saturated rings. The Labute approximate surface area is 162 Å². The summed E-state index contributed by atoms with van der Waals surface area (Å²) >= 11 is 0. The molecule has 0 saturated heterocycles. The first-order valence-corrected chi connectivity index (χ1v) is 8.86. The van der Waals surface area contributed by atoms with Gasteiger partial charge in [0.15, 0.2) is 5.65 Å². The molecule has 3 aromatic heterocycles. The second kappa shape index (κ2) is 6.63. The maximum Gasteiger partial charge on any atom is 0.269 e. The fraction of sp³-hybridized carbons (Fsp3) is 0.0455. The van der Waals surface area contributed by atoms with Crippen LogP contribution < -0.4 is 5.56 Å². The van der Waals surface area contributed by atoms with Crippen LogP contribution in [0.4, 0.5) is 8.78 Å². The fourth-order valence-corrected chi connectivity index (χ4v) is 3.39. The number of nitrogens with zero attached hydrogens (tertiary/aromatic N) is 3. The first-order chi connectivity index (χ1) is 14.1. The van der Waals surface area contributed by atoms with E-state index in [2.05, 4.69) is 9.97 Å². The van der Waals surface area contributed by atoms with Crippen molar-refractivity contribution in [2.24, 2.45) is 0 Å². The first kappa shape index (κ1) is 17.2. The lowest BCUT2D eigenvalue weighted by Gasteiger charge is -2.12. The molecule has 0 radical (unpaired) electrons. The zero-order chi connectivity index (χ0) is 20.0. The summed E-state index contributed by atoms with van der Waals surface area (Å²) in [6, 6.07) is 12.9. The van der Waals surface area contributed by atoms with Crippen LogP contribution in [0.5, 0.6) is 0 Å². The van der Waals surface area contributed by atoms with E-state index >= 15 is 0 Å². The van der Waals surface area contributed by atoms with Gasteiger partial charge in [-0.05, 0) is 53.6 Å². The molecule has 0 aliphatic carbocycles. The standard InChI is InChI=1S/C22H13F2N3O2/c23-17-9-15(13-3-4-20-14(8-13)5-7-29-20)10-18(24)16(17)12-27-19-2-1-6-25-22(19)26-11-21(27)28/h1-11H,12H2. The van der Waals surface area contributed by atoms with Gasteiger partial charge in [0.1, 0.15) is 17.2 Å². The molecule has 0 bridgehead atoms. The van der Waals surface area contributed by atoms with Crippen molar-refractivity contribution < 1.29 is 13.2 Å². The monoisotopic (exact) mass is 389 g/mol. The summed E-state index contributed by atoms with van der Waals surface area (Å²) in [6.07, 6.45) is 4.20. The number of hydrogen-bond acceptors (Lipinski definition) is 4. The van der Waals surface area contributed by atoms with Crippen molar-refractivity contribution in [3.8, 4) is 11.1 Å². The average Bonchev–Trinajstić information content (AvgIpc) is 3.19. The maximum absolute atomic E-state index is 14.9. The van der Waals surface area contributed by atoms with Crippen LogP contribution in [-0.4, -0.2) is 14.5 Å². The topological polar surface area (TPSA) is 60.9 Å². The largest absolute Gasteiger partial charge is 0.464 e. The van der Waals surface area contributed by atoms with Gasteiger partial charge in [-0.3, -0.25) is 9.36 Å². The Bertz CT molecular complexity index is 1420. The highest BCUT2D eigenvalue weighted by atomic mass is 19.1. The summed E-state index contributed by atoms with van der Waals surface area (Å²) in [5, 5.41) is 0.842. The molecule has 3 heterocycles. The highest BCUT2D eigenvalue weighted by molar-refractivity contribution is 5.83. The average molecular weight is 389 g/mol. The SMILES string of the molecule is O=c1cnc2ncccc2n1Cc1c(F)cc(-c2ccc3occc3c2)cc1F. The van der Waals surface area contributed by atoms with E-state index in [0.29, 0.717) is 27.9 Å². The molecule has 5 nitrogen and oxygen atoms in total. The number of benzene rings is 2. The Morgan fingerprint density at radius 2 is 1.79 bits per heavy atom. The Kier molecular flexibility index (Phi) is 3.94. The number of aromatic nitrogens is 3. The lowest BCUT2D eigenvalue weighted by Crippen LogP contribution is -2.22. The molecule has 0 N–H and O–H groups in total. The summed E-state index contributed by atoms with van der Waals surface area (Å²) in [5.74, 6) is -1.46. The quantitative estimate of drug-likeness (QED) is 0.455. The van der Waals surface area contributed by atoms with Crippen LogP contribution in [0.25, 0.3) is 33.3 Å². The number of hydrogen-bond donors (Lipinski definition) is 0. The molecule has 29 heavy (non-hydrogen) atoms. The van der Waals surface area contributed by atoms with Crippen molar-refractivity contribution in [2.45, 2.75) is 6.54 Å². The van der Waals surface area contributed by atoms with E-state index in [0.717, 1.165) is 11.6 Å². The molecular formula is C22H13F2N3O2. The Morgan fingerprint density at radius 3 is 2.62 bits per heavy atom. The van der Waals surface area contributed by atoms with Crippen molar-refractivity contribution in [2.75, 3.05) is 0 Å². The highest BCUT2D eigenvalue weighted by Gasteiger charge is 2.15. The lowest BCUT2D eigenvalue weighted by atomic mass is 10.0. The van der Waals surface area contributed by atoms with Crippen LogP contribution in [-0.2, 0) is 6.54 Å². The molecule has 5 aromatic rings. The smallest absolute Gasteiger partial charge is 0.269 e. The van der Waals surface area contributed by atoms with Crippen molar-refractivity contribution in [3.05, 3.63) is 94.7 Å². The number of pyridine rings is 1. The predicted molar refractivity (Wildman–Crippen MR) is 104 cm³/mol. The van der Waals surface area contributed by atoms with Gasteiger partial charge in [-0.15, -0.1) is 0 Å². The van der Waals surface area contributed by atoms with Crippen molar-refractivity contribution in [3.63, 3.8) is 0 Å². The Balaban J connectivity index is 1.59. The molecule has 0 aliphatic heterocycles. The van der Waals surface area contributed by atoms with Gasteiger partial charge in [0.05, 0.1) is 24.5 Å². The van der Waals surface area contributed by atoms with Gasteiger partial charge in [0.2, 0.25) is 0 Å². The molecule has 142 valence electrons. The third-order valence-electron chi connectivity index (χ3n) is 4.86. The van der Waals surface area contributed by atoms with Crippen LogP contribution in [0.15, 0.2) is 76.4 Å². The molecule has 0 saturated carbocycles. The fourth-order valence-electron chi connectivity index (χ4n) is 3.39. The van der Waals surface area contributed by atoms with Crippen LogP contribution in [0.2, 0.25) is 0 Å². The van der Waals surface area contributed by atoms with Gasteiger partial charge in [0.25, 0.3) is 5.56 Å². The van der Waals surface area contributed by atoms with E-state index in [1.165, 1.54) is 22.9 Å². The van der Waals surface area contributed by atoms with Gasteiger partial charge in [-0.25, -0.2) is 18.7 Å². The van der Waals surface area contributed by atoms with Gasteiger partial charge >= 0.3 is 0 Å². The minimum absolute atomic E-state index is 0.198. The Morgan fingerprint density at radius 1 is 0.966 bits per heavy atom. The Hall–Kier alpha value is -3.87. The molecular weight excluding hydrogens is 376 g/mol. The number of halogens is 2. The minimum Gasteiger partial charge on any atom is -0.464 e. The summed E-state index contributed by atoms with van der Waals surface area (Å²) < 4.78 is 36.3. The molecule has 0 amide bonds. The third kappa shape index (κ3) is 2.97. The van der Waals surface area contributed by atoms with Crippen molar-refractivity contribution in [1.82, 2.24) is 14.5 Å². The number of fused-ring (bicyclic) bond motifs is 2. The second-order valence-electron chi connectivity index (χ2n) is 6.62. The molecule has 0 atom stereocenters. The van der Waals surface area contributed by atoms with Gasteiger partial charge in [-0.2, -0.15) is 0 Å². The zero-order valence-electron chi connectivity index (χ0n) is 15.0.